The number of aryl methyl sites for hydroxylation is 2. The van der Waals surface area contributed by atoms with Crippen molar-refractivity contribution in [3.05, 3.63) is 29.7 Å². The summed E-state index contributed by atoms with van der Waals surface area (Å²) in [5.41, 5.74) is 2.81. The van der Waals surface area contributed by atoms with Crippen LogP contribution in [0.1, 0.15) is 31.5 Å². The van der Waals surface area contributed by atoms with Gasteiger partial charge in [-0.25, -0.2) is 22.6 Å². The van der Waals surface area contributed by atoms with E-state index in [1.54, 1.807) is 4.52 Å². The van der Waals surface area contributed by atoms with Crippen LogP contribution in [0.25, 0.3) is 5.65 Å². The predicted octanol–water partition coefficient (Wildman–Crippen LogP) is 1.55. The molecule has 0 spiro atoms. The minimum atomic E-state index is -3.15. The summed E-state index contributed by atoms with van der Waals surface area (Å²) in [4.78, 5) is 4.33. The second kappa shape index (κ2) is 6.53. The first kappa shape index (κ1) is 15.9. The molecule has 0 bridgehead atoms. The molecular formula is C14H22N4O2S. The number of hydrogen-bond donors (Lipinski definition) is 1. The molecule has 0 aliphatic heterocycles. The highest BCUT2D eigenvalue weighted by Gasteiger charge is 2.11. The first-order valence-corrected chi connectivity index (χ1v) is 8.79. The standard InChI is InChI=1S/C14H22N4O2S/c1-11(2)10-21(19,20)16-6-4-5-13-8-15-14-7-12(3)17-18(14)9-13/h7-9,11,16H,4-6,10H2,1-3H3. The Bertz CT molecular complexity index is 707. The first-order valence-electron chi connectivity index (χ1n) is 7.14. The third kappa shape index (κ3) is 4.78. The Balaban J connectivity index is 1.85. The molecule has 0 saturated heterocycles. The zero-order valence-corrected chi connectivity index (χ0v) is 13.5. The molecule has 0 aromatic carbocycles. The van der Waals surface area contributed by atoms with Crippen molar-refractivity contribution < 1.29 is 8.42 Å². The molecular weight excluding hydrogens is 288 g/mol. The van der Waals surface area contributed by atoms with Crippen LogP contribution in [0.5, 0.6) is 0 Å². The van der Waals surface area contributed by atoms with Crippen molar-refractivity contribution in [1.82, 2.24) is 19.3 Å². The molecule has 0 radical (unpaired) electrons. The van der Waals surface area contributed by atoms with Gasteiger partial charge in [-0.2, -0.15) is 5.10 Å². The molecule has 2 rings (SSSR count). The van der Waals surface area contributed by atoms with Crippen molar-refractivity contribution in [1.29, 1.82) is 0 Å². The Labute approximate surface area is 125 Å². The smallest absolute Gasteiger partial charge is 0.211 e. The Morgan fingerprint density at radius 2 is 2.14 bits per heavy atom. The van der Waals surface area contributed by atoms with E-state index in [4.69, 9.17) is 0 Å². The predicted molar refractivity (Wildman–Crippen MR) is 82.7 cm³/mol. The fourth-order valence-electron chi connectivity index (χ4n) is 2.18. The van der Waals surface area contributed by atoms with E-state index in [2.05, 4.69) is 14.8 Å². The summed E-state index contributed by atoms with van der Waals surface area (Å²) < 4.78 is 27.8. The second-order valence-corrected chi connectivity index (χ2v) is 7.58. The lowest BCUT2D eigenvalue weighted by molar-refractivity contribution is 0.566. The average molecular weight is 310 g/mol. The van der Waals surface area contributed by atoms with E-state index in [-0.39, 0.29) is 11.7 Å². The van der Waals surface area contributed by atoms with Gasteiger partial charge in [-0.1, -0.05) is 13.8 Å². The van der Waals surface area contributed by atoms with Crippen LogP contribution < -0.4 is 4.72 Å². The van der Waals surface area contributed by atoms with Gasteiger partial charge < -0.3 is 0 Å². The average Bonchev–Trinajstić information content (AvgIpc) is 2.72. The third-order valence-electron chi connectivity index (χ3n) is 3.01. The van der Waals surface area contributed by atoms with Crippen molar-refractivity contribution in [2.24, 2.45) is 5.92 Å². The Hall–Kier alpha value is -1.47. The molecule has 0 aliphatic carbocycles. The van der Waals surface area contributed by atoms with E-state index in [1.165, 1.54) is 0 Å². The summed E-state index contributed by atoms with van der Waals surface area (Å²) in [6.45, 7) is 6.17. The van der Waals surface area contributed by atoms with Gasteiger partial charge >= 0.3 is 0 Å². The van der Waals surface area contributed by atoms with Gasteiger partial charge in [0.05, 0.1) is 11.4 Å². The summed E-state index contributed by atoms with van der Waals surface area (Å²) >= 11 is 0. The molecule has 0 fully saturated rings. The van der Waals surface area contributed by atoms with Crippen LogP contribution >= 0.6 is 0 Å². The van der Waals surface area contributed by atoms with Crippen molar-refractivity contribution in [2.75, 3.05) is 12.3 Å². The normalized spacial score (nSPS) is 12.4. The maximum Gasteiger partial charge on any atom is 0.211 e. The van der Waals surface area contributed by atoms with Crippen molar-refractivity contribution in [3.63, 3.8) is 0 Å². The maximum absolute atomic E-state index is 11.7. The van der Waals surface area contributed by atoms with Gasteiger partial charge in [-0.3, -0.25) is 0 Å². The number of nitrogens with one attached hydrogen (secondary N) is 1. The SMILES string of the molecule is Cc1cc2ncc(CCCNS(=O)(=O)CC(C)C)cn2n1. The lowest BCUT2D eigenvalue weighted by Crippen LogP contribution is -2.29. The molecule has 0 saturated carbocycles. The minimum absolute atomic E-state index is 0.136. The molecule has 2 aromatic rings. The fraction of sp³-hybridized carbons (Fsp3) is 0.571. The number of sulfonamides is 1. The maximum atomic E-state index is 11.7. The van der Waals surface area contributed by atoms with Gasteiger partial charge in [-0.05, 0) is 31.2 Å². The van der Waals surface area contributed by atoms with Crippen LogP contribution in [0.2, 0.25) is 0 Å². The molecule has 2 heterocycles. The van der Waals surface area contributed by atoms with Gasteiger partial charge in [0.15, 0.2) is 5.65 Å². The highest BCUT2D eigenvalue weighted by Crippen LogP contribution is 2.06. The highest BCUT2D eigenvalue weighted by molar-refractivity contribution is 7.89. The van der Waals surface area contributed by atoms with E-state index in [0.29, 0.717) is 6.54 Å². The Kier molecular flexibility index (Phi) is 4.95. The van der Waals surface area contributed by atoms with E-state index >= 15 is 0 Å². The number of rotatable bonds is 7. The van der Waals surface area contributed by atoms with Crippen LogP contribution in [0, 0.1) is 12.8 Å². The summed E-state index contributed by atoms with van der Waals surface area (Å²) in [5.74, 6) is 0.310. The molecule has 7 heteroatoms. The quantitative estimate of drug-likeness (QED) is 0.787. The largest absolute Gasteiger partial charge is 0.237 e. The Morgan fingerprint density at radius 1 is 1.38 bits per heavy atom. The number of nitrogens with zero attached hydrogens (tertiary/aromatic N) is 3. The van der Waals surface area contributed by atoms with Crippen molar-refractivity contribution in [3.8, 4) is 0 Å². The lowest BCUT2D eigenvalue weighted by atomic mass is 10.2. The highest BCUT2D eigenvalue weighted by atomic mass is 32.2. The van der Waals surface area contributed by atoms with E-state index < -0.39 is 10.0 Å². The topological polar surface area (TPSA) is 76.4 Å². The zero-order chi connectivity index (χ0) is 15.5. The third-order valence-corrected chi connectivity index (χ3v) is 4.76. The number of aromatic nitrogens is 3. The van der Waals surface area contributed by atoms with Crippen LogP contribution in [0.15, 0.2) is 18.5 Å². The number of hydrogen-bond acceptors (Lipinski definition) is 4. The zero-order valence-electron chi connectivity index (χ0n) is 12.7. The van der Waals surface area contributed by atoms with Gasteiger partial charge in [0, 0.05) is 25.0 Å². The van der Waals surface area contributed by atoms with Gasteiger partial charge in [0.1, 0.15) is 0 Å². The van der Waals surface area contributed by atoms with Gasteiger partial charge in [0.2, 0.25) is 10.0 Å². The molecule has 1 N–H and O–H groups in total. The monoisotopic (exact) mass is 310 g/mol. The van der Waals surface area contributed by atoms with Crippen LogP contribution in [0.4, 0.5) is 0 Å². The van der Waals surface area contributed by atoms with E-state index in [9.17, 15) is 8.42 Å². The molecule has 0 aliphatic rings. The molecule has 0 atom stereocenters. The van der Waals surface area contributed by atoms with E-state index in [1.807, 2.05) is 39.2 Å². The Morgan fingerprint density at radius 3 is 2.86 bits per heavy atom. The molecule has 6 nitrogen and oxygen atoms in total. The van der Waals surface area contributed by atoms with Crippen LogP contribution in [-0.2, 0) is 16.4 Å². The summed E-state index contributed by atoms with van der Waals surface area (Å²) in [5, 5.41) is 4.32. The second-order valence-electron chi connectivity index (χ2n) is 5.72. The van der Waals surface area contributed by atoms with Crippen molar-refractivity contribution >= 4 is 15.7 Å². The fourth-order valence-corrected chi connectivity index (χ4v) is 3.63. The molecule has 21 heavy (non-hydrogen) atoms. The summed E-state index contributed by atoms with van der Waals surface area (Å²) in [7, 11) is -3.15. The molecule has 0 amide bonds. The van der Waals surface area contributed by atoms with Gasteiger partial charge in [0.25, 0.3) is 0 Å². The minimum Gasteiger partial charge on any atom is -0.237 e. The molecule has 0 unspecified atom stereocenters. The summed E-state index contributed by atoms with van der Waals surface area (Å²) in [6, 6.07) is 1.92. The van der Waals surface area contributed by atoms with Gasteiger partial charge in [-0.15, -0.1) is 0 Å². The molecule has 116 valence electrons. The first-order chi connectivity index (χ1) is 9.85. The number of fused-ring (bicyclic) bond motifs is 1. The van der Waals surface area contributed by atoms with E-state index in [0.717, 1.165) is 29.7 Å². The molecule has 2 aromatic heterocycles. The lowest BCUT2D eigenvalue weighted by Gasteiger charge is -2.08. The summed E-state index contributed by atoms with van der Waals surface area (Å²) in [6.07, 6.45) is 5.27. The van der Waals surface area contributed by atoms with Crippen molar-refractivity contribution in [2.45, 2.75) is 33.6 Å². The van der Waals surface area contributed by atoms with Crippen LogP contribution in [-0.4, -0.2) is 35.3 Å². The van der Waals surface area contributed by atoms with Crippen LogP contribution in [0.3, 0.4) is 0 Å².